The van der Waals surface area contributed by atoms with Crippen molar-refractivity contribution in [3.63, 3.8) is 0 Å². The molecule has 0 atom stereocenters. The third-order valence-electron chi connectivity index (χ3n) is 4.58. The van der Waals surface area contributed by atoms with E-state index in [-0.39, 0.29) is 23.6 Å². The minimum atomic E-state index is -0.505. The van der Waals surface area contributed by atoms with Gasteiger partial charge in [-0.2, -0.15) is 0 Å². The molecule has 1 aliphatic heterocycles. The van der Waals surface area contributed by atoms with Crippen LogP contribution in [0.2, 0.25) is 0 Å². The van der Waals surface area contributed by atoms with Crippen LogP contribution in [0.5, 0.6) is 0 Å². The molecule has 2 aliphatic rings. The summed E-state index contributed by atoms with van der Waals surface area (Å²) in [6.45, 7) is 10.4. The molecule has 3 N–H and O–H groups in total. The molecule has 172 valence electrons. The summed E-state index contributed by atoms with van der Waals surface area (Å²) >= 11 is 0. The monoisotopic (exact) mass is 434 g/mol. The van der Waals surface area contributed by atoms with Crippen LogP contribution in [0.1, 0.15) is 27.7 Å². The number of likely N-dealkylation sites (tertiary alicyclic amines) is 1. The number of nitrogens with zero attached hydrogens (tertiary/aromatic N) is 1. The lowest BCUT2D eigenvalue weighted by atomic mass is 9.97. The Morgan fingerprint density at radius 1 is 1.29 bits per heavy atom. The number of hydrogen-bond donors (Lipinski definition) is 3. The Labute approximate surface area is 184 Å². The Hall–Kier alpha value is -2.81. The van der Waals surface area contributed by atoms with E-state index in [2.05, 4.69) is 10.6 Å². The minimum Gasteiger partial charge on any atom is -0.492 e. The molecule has 0 bridgehead atoms. The van der Waals surface area contributed by atoms with E-state index in [0.717, 1.165) is 0 Å². The van der Waals surface area contributed by atoms with Crippen molar-refractivity contribution in [3.8, 4) is 0 Å². The lowest BCUT2D eigenvalue weighted by molar-refractivity contribution is -0.117. The summed E-state index contributed by atoms with van der Waals surface area (Å²) in [7, 11) is 1.57. The van der Waals surface area contributed by atoms with Crippen LogP contribution in [0.25, 0.3) is 0 Å². The molecule has 0 saturated carbocycles. The number of allylic oxidation sites excluding steroid dienone is 2. The highest BCUT2D eigenvalue weighted by Crippen LogP contribution is 2.24. The highest BCUT2D eigenvalue weighted by Gasteiger charge is 2.33. The fourth-order valence-corrected chi connectivity index (χ4v) is 3.09. The predicted octanol–water partition coefficient (Wildman–Crippen LogP) is 1.97. The highest BCUT2D eigenvalue weighted by molar-refractivity contribution is 6.14. The lowest BCUT2D eigenvalue weighted by Gasteiger charge is -2.39. The molecule has 31 heavy (non-hydrogen) atoms. The molecule has 1 heterocycles. The van der Waals surface area contributed by atoms with E-state index in [4.69, 9.17) is 19.6 Å². The standard InChI is InChI=1S/C22H34N4O5/c1-6-30-19-16(20(27)25-9-10-29-5)7-8-18(23)17(19)12-24-11-15-13-26(14-15)21(28)31-22(2,3)4/h7-8,12,15,23-24H,6,9-11,13-14H2,1-5H3,(H,25,27)/b17-12+,23-18?. The molecule has 0 aromatic heterocycles. The van der Waals surface area contributed by atoms with Gasteiger partial charge in [-0.3, -0.25) is 4.79 Å². The average Bonchev–Trinajstić information content (AvgIpc) is 2.64. The van der Waals surface area contributed by atoms with Crippen molar-refractivity contribution in [1.82, 2.24) is 15.5 Å². The molecule has 0 aromatic rings. The van der Waals surface area contributed by atoms with E-state index in [1.807, 2.05) is 27.7 Å². The number of ether oxygens (including phenoxy) is 3. The molecule has 1 aliphatic carbocycles. The molecule has 9 nitrogen and oxygen atoms in total. The van der Waals surface area contributed by atoms with E-state index in [0.29, 0.717) is 56.3 Å². The maximum Gasteiger partial charge on any atom is 0.410 e. The number of nitrogens with one attached hydrogen (secondary N) is 3. The van der Waals surface area contributed by atoms with Crippen LogP contribution in [-0.4, -0.2) is 74.7 Å². The summed E-state index contributed by atoms with van der Waals surface area (Å²) < 4.78 is 16.0. The highest BCUT2D eigenvalue weighted by atomic mass is 16.6. The Morgan fingerprint density at radius 3 is 2.61 bits per heavy atom. The minimum absolute atomic E-state index is 0.258. The van der Waals surface area contributed by atoms with Crippen LogP contribution in [0.4, 0.5) is 4.79 Å². The van der Waals surface area contributed by atoms with Crippen molar-refractivity contribution in [2.24, 2.45) is 5.92 Å². The zero-order valence-corrected chi connectivity index (χ0v) is 19.0. The molecule has 0 aromatic carbocycles. The SMILES string of the molecule is CCOC1=C(C(=O)NCCOC)C=CC(=N)/C1=C\NCC1CN(C(=O)OC(C)(C)C)C1. The topological polar surface area (TPSA) is 113 Å². The first-order chi connectivity index (χ1) is 14.7. The summed E-state index contributed by atoms with van der Waals surface area (Å²) in [4.78, 5) is 26.2. The number of rotatable bonds is 9. The number of hydrogen-bond acceptors (Lipinski definition) is 7. The Kier molecular flexibility index (Phi) is 8.67. The third kappa shape index (κ3) is 7.13. The molecule has 0 spiro atoms. The fourth-order valence-electron chi connectivity index (χ4n) is 3.09. The summed E-state index contributed by atoms with van der Waals surface area (Å²) in [6.07, 6.45) is 4.58. The molecule has 2 amide bonds. The first kappa shape index (κ1) is 24.5. The molecule has 2 rings (SSSR count). The van der Waals surface area contributed by atoms with E-state index in [9.17, 15) is 9.59 Å². The van der Waals surface area contributed by atoms with Crippen molar-refractivity contribution in [1.29, 1.82) is 5.41 Å². The Balaban J connectivity index is 1.97. The number of methoxy groups -OCH3 is 1. The van der Waals surface area contributed by atoms with Crippen molar-refractivity contribution >= 4 is 17.7 Å². The van der Waals surface area contributed by atoms with E-state index < -0.39 is 5.60 Å². The summed E-state index contributed by atoms with van der Waals surface area (Å²) in [5, 5.41) is 14.2. The van der Waals surface area contributed by atoms with Gasteiger partial charge in [-0.25, -0.2) is 4.79 Å². The van der Waals surface area contributed by atoms with E-state index in [1.54, 1.807) is 30.4 Å². The Morgan fingerprint density at radius 2 is 2.00 bits per heavy atom. The maximum atomic E-state index is 12.5. The van der Waals surface area contributed by atoms with Gasteiger partial charge < -0.3 is 35.2 Å². The van der Waals surface area contributed by atoms with Gasteiger partial charge in [0.2, 0.25) is 0 Å². The van der Waals surface area contributed by atoms with Crippen LogP contribution >= 0.6 is 0 Å². The van der Waals surface area contributed by atoms with Gasteiger partial charge in [-0.15, -0.1) is 0 Å². The summed E-state index contributed by atoms with van der Waals surface area (Å²) in [5.74, 6) is 0.387. The maximum absolute atomic E-state index is 12.5. The van der Waals surface area contributed by atoms with E-state index in [1.165, 1.54) is 0 Å². The van der Waals surface area contributed by atoms with Gasteiger partial charge in [0.15, 0.2) is 0 Å². The quantitative estimate of drug-likeness (QED) is 0.478. The first-order valence-corrected chi connectivity index (χ1v) is 10.5. The molecule has 9 heteroatoms. The van der Waals surface area contributed by atoms with Crippen LogP contribution in [0, 0.1) is 11.3 Å². The van der Waals surface area contributed by atoms with Crippen LogP contribution in [-0.2, 0) is 19.0 Å². The molecular formula is C22H34N4O5. The zero-order chi connectivity index (χ0) is 23.0. The van der Waals surface area contributed by atoms with Gasteiger partial charge in [-0.05, 0) is 39.8 Å². The van der Waals surface area contributed by atoms with Crippen LogP contribution in [0.15, 0.2) is 35.3 Å². The van der Waals surface area contributed by atoms with Gasteiger partial charge in [0.1, 0.15) is 11.4 Å². The molecular weight excluding hydrogens is 400 g/mol. The van der Waals surface area contributed by atoms with E-state index >= 15 is 0 Å². The second kappa shape index (κ2) is 11.0. The zero-order valence-electron chi connectivity index (χ0n) is 19.0. The summed E-state index contributed by atoms with van der Waals surface area (Å²) in [6, 6.07) is 0. The van der Waals surface area contributed by atoms with Crippen molar-refractivity contribution in [3.05, 3.63) is 35.3 Å². The number of amides is 2. The number of carbonyl (C=O) groups excluding carboxylic acids is 2. The Bertz CT molecular complexity index is 773. The van der Waals surface area contributed by atoms with Crippen LogP contribution in [0.3, 0.4) is 0 Å². The fraction of sp³-hybridized carbons (Fsp3) is 0.591. The normalized spacial score (nSPS) is 18.2. The second-order valence-electron chi connectivity index (χ2n) is 8.39. The van der Waals surface area contributed by atoms with Crippen LogP contribution < -0.4 is 10.6 Å². The average molecular weight is 435 g/mol. The number of carbonyl (C=O) groups is 2. The molecule has 0 unspecified atom stereocenters. The second-order valence-corrected chi connectivity index (χ2v) is 8.39. The van der Waals surface area contributed by atoms with Gasteiger partial charge in [0, 0.05) is 45.4 Å². The van der Waals surface area contributed by atoms with Crippen molar-refractivity contribution < 1.29 is 23.8 Å². The molecule has 1 saturated heterocycles. The van der Waals surface area contributed by atoms with Crippen molar-refractivity contribution in [2.75, 3.05) is 46.5 Å². The van der Waals surface area contributed by atoms with Gasteiger partial charge in [-0.1, -0.05) is 0 Å². The third-order valence-corrected chi connectivity index (χ3v) is 4.58. The predicted molar refractivity (Wildman–Crippen MR) is 118 cm³/mol. The molecule has 0 radical (unpaired) electrons. The summed E-state index contributed by atoms with van der Waals surface area (Å²) in [5.41, 5.74) is 0.648. The van der Waals surface area contributed by atoms with Gasteiger partial charge >= 0.3 is 6.09 Å². The van der Waals surface area contributed by atoms with Gasteiger partial charge in [0.05, 0.1) is 30.1 Å². The smallest absolute Gasteiger partial charge is 0.410 e. The molecule has 1 fully saturated rings. The largest absolute Gasteiger partial charge is 0.492 e. The van der Waals surface area contributed by atoms with Crippen molar-refractivity contribution in [2.45, 2.75) is 33.3 Å². The van der Waals surface area contributed by atoms with Gasteiger partial charge in [0.25, 0.3) is 5.91 Å². The first-order valence-electron chi connectivity index (χ1n) is 10.5. The lowest BCUT2D eigenvalue weighted by Crippen LogP contribution is -2.54.